The molecule has 4 heteroatoms. The van der Waals surface area contributed by atoms with Crippen molar-refractivity contribution >= 4 is 17.5 Å². The van der Waals surface area contributed by atoms with Crippen molar-refractivity contribution in [3.05, 3.63) is 64.7 Å². The van der Waals surface area contributed by atoms with Gasteiger partial charge in [0.05, 0.1) is 6.04 Å². The zero-order valence-electron chi connectivity index (χ0n) is 14.6. The molecule has 1 heterocycles. The number of nitrogens with zero attached hydrogens (tertiary/aromatic N) is 1. The topological polar surface area (TPSA) is 49.4 Å². The molecule has 0 aromatic heterocycles. The number of carbonyl (C=O) groups excluding carboxylic acids is 2. The highest BCUT2D eigenvalue weighted by molar-refractivity contribution is 5.98. The van der Waals surface area contributed by atoms with Gasteiger partial charge in [-0.2, -0.15) is 0 Å². The van der Waals surface area contributed by atoms with E-state index in [4.69, 9.17) is 0 Å². The van der Waals surface area contributed by atoms with E-state index in [-0.39, 0.29) is 17.9 Å². The number of hydrogen-bond donors (Lipinski definition) is 1. The molecule has 0 spiro atoms. The van der Waals surface area contributed by atoms with Crippen LogP contribution in [0.2, 0.25) is 0 Å². The second kappa shape index (κ2) is 6.03. The molecule has 2 unspecified atom stereocenters. The Kier molecular flexibility index (Phi) is 3.83. The highest BCUT2D eigenvalue weighted by atomic mass is 16.2. The van der Waals surface area contributed by atoms with Crippen molar-refractivity contribution in [1.29, 1.82) is 0 Å². The molecule has 2 amide bonds. The average molecular weight is 334 g/mol. The van der Waals surface area contributed by atoms with Gasteiger partial charge >= 0.3 is 0 Å². The lowest BCUT2D eigenvalue weighted by Crippen LogP contribution is -2.30. The third-order valence-corrected chi connectivity index (χ3v) is 5.41. The highest BCUT2D eigenvalue weighted by Crippen LogP contribution is 2.36. The quantitative estimate of drug-likeness (QED) is 0.916. The van der Waals surface area contributed by atoms with E-state index in [0.717, 1.165) is 24.1 Å². The largest absolute Gasteiger partial charge is 0.345 e. The molecule has 1 N–H and O–H groups in total. The fraction of sp³-hybridized carbons (Fsp3) is 0.333. The molecule has 0 radical (unpaired) electrons. The van der Waals surface area contributed by atoms with Crippen LogP contribution in [-0.4, -0.2) is 18.4 Å². The second-order valence-electron chi connectivity index (χ2n) is 7.10. The fourth-order valence-corrected chi connectivity index (χ4v) is 4.11. The summed E-state index contributed by atoms with van der Waals surface area (Å²) in [4.78, 5) is 26.2. The standard InChI is InChI=1S/C21H22N2O2/c1-13-11-15-5-3-4-6-18(15)20(13)22-21(25)17-7-8-19-16(12-17)9-10-23(19)14(2)24/h3-8,12-13,20H,9-11H2,1-2H3,(H,22,25). The molecular weight excluding hydrogens is 312 g/mol. The third-order valence-electron chi connectivity index (χ3n) is 5.41. The summed E-state index contributed by atoms with van der Waals surface area (Å²) < 4.78 is 0. The van der Waals surface area contributed by atoms with Gasteiger partial charge in [-0.05, 0) is 53.6 Å². The summed E-state index contributed by atoms with van der Waals surface area (Å²) in [5.74, 6) is 0.397. The predicted octanol–water partition coefficient (Wildman–Crippen LogP) is 3.26. The van der Waals surface area contributed by atoms with Crippen molar-refractivity contribution < 1.29 is 9.59 Å². The number of benzene rings is 2. The maximum atomic E-state index is 12.8. The smallest absolute Gasteiger partial charge is 0.251 e. The number of rotatable bonds is 2. The van der Waals surface area contributed by atoms with Gasteiger partial charge in [-0.1, -0.05) is 31.2 Å². The molecular formula is C21H22N2O2. The van der Waals surface area contributed by atoms with Crippen LogP contribution in [0.1, 0.15) is 46.9 Å². The van der Waals surface area contributed by atoms with E-state index in [1.54, 1.807) is 11.8 Å². The lowest BCUT2D eigenvalue weighted by Gasteiger charge is -2.19. The predicted molar refractivity (Wildman–Crippen MR) is 97.7 cm³/mol. The monoisotopic (exact) mass is 334 g/mol. The first-order chi connectivity index (χ1) is 12.0. The molecule has 2 aromatic carbocycles. The molecule has 0 bridgehead atoms. The number of carbonyl (C=O) groups is 2. The summed E-state index contributed by atoms with van der Waals surface area (Å²) >= 11 is 0. The molecule has 25 heavy (non-hydrogen) atoms. The van der Waals surface area contributed by atoms with Crippen molar-refractivity contribution in [3.8, 4) is 0 Å². The van der Waals surface area contributed by atoms with Crippen LogP contribution in [0.25, 0.3) is 0 Å². The Bertz CT molecular complexity index is 859. The Hall–Kier alpha value is -2.62. The van der Waals surface area contributed by atoms with Gasteiger partial charge in [-0.15, -0.1) is 0 Å². The van der Waals surface area contributed by atoms with Gasteiger partial charge < -0.3 is 10.2 Å². The van der Waals surface area contributed by atoms with Crippen molar-refractivity contribution in [2.75, 3.05) is 11.4 Å². The van der Waals surface area contributed by atoms with Gasteiger partial charge in [-0.25, -0.2) is 0 Å². The van der Waals surface area contributed by atoms with E-state index >= 15 is 0 Å². The number of amides is 2. The van der Waals surface area contributed by atoms with Gasteiger partial charge in [0.15, 0.2) is 0 Å². The second-order valence-corrected chi connectivity index (χ2v) is 7.10. The summed E-state index contributed by atoms with van der Waals surface area (Å²) in [6, 6.07) is 14.0. The van der Waals surface area contributed by atoms with Crippen LogP contribution in [0.15, 0.2) is 42.5 Å². The van der Waals surface area contributed by atoms with Crippen LogP contribution in [0.5, 0.6) is 0 Å². The lowest BCUT2D eigenvalue weighted by molar-refractivity contribution is -0.116. The first kappa shape index (κ1) is 15.9. The van der Waals surface area contributed by atoms with Gasteiger partial charge in [0, 0.05) is 24.7 Å². The lowest BCUT2D eigenvalue weighted by atomic mass is 10.0. The normalized spacial score (nSPS) is 21.0. The SMILES string of the molecule is CC(=O)N1CCc2cc(C(=O)NC3c4ccccc4CC3C)ccc21. The van der Waals surface area contributed by atoms with Crippen LogP contribution in [0.3, 0.4) is 0 Å². The van der Waals surface area contributed by atoms with E-state index in [1.807, 2.05) is 24.3 Å². The van der Waals surface area contributed by atoms with Crippen LogP contribution in [0, 0.1) is 5.92 Å². The number of nitrogens with one attached hydrogen (secondary N) is 1. The van der Waals surface area contributed by atoms with E-state index < -0.39 is 0 Å². The molecule has 128 valence electrons. The summed E-state index contributed by atoms with van der Waals surface area (Å²) in [6.07, 6.45) is 1.80. The third kappa shape index (κ3) is 2.72. The Morgan fingerprint density at radius 2 is 1.92 bits per heavy atom. The van der Waals surface area contributed by atoms with E-state index in [0.29, 0.717) is 18.0 Å². The minimum Gasteiger partial charge on any atom is -0.345 e. The summed E-state index contributed by atoms with van der Waals surface area (Å²) in [5, 5.41) is 3.21. The first-order valence-electron chi connectivity index (χ1n) is 8.84. The summed E-state index contributed by atoms with van der Waals surface area (Å²) in [6.45, 7) is 4.45. The summed E-state index contributed by atoms with van der Waals surface area (Å²) in [7, 11) is 0. The zero-order valence-corrected chi connectivity index (χ0v) is 14.6. The van der Waals surface area contributed by atoms with Crippen LogP contribution >= 0.6 is 0 Å². The van der Waals surface area contributed by atoms with E-state index in [9.17, 15) is 9.59 Å². The Morgan fingerprint density at radius 3 is 2.72 bits per heavy atom. The van der Waals surface area contributed by atoms with Crippen LogP contribution < -0.4 is 10.2 Å². The van der Waals surface area contributed by atoms with Crippen molar-refractivity contribution in [1.82, 2.24) is 5.32 Å². The van der Waals surface area contributed by atoms with Crippen LogP contribution in [0.4, 0.5) is 5.69 Å². The Labute approximate surface area is 147 Å². The Morgan fingerprint density at radius 1 is 1.12 bits per heavy atom. The molecule has 4 nitrogen and oxygen atoms in total. The molecule has 2 aliphatic rings. The van der Waals surface area contributed by atoms with E-state index in [1.165, 1.54) is 11.1 Å². The van der Waals surface area contributed by atoms with Crippen molar-refractivity contribution in [2.24, 2.45) is 5.92 Å². The van der Waals surface area contributed by atoms with Gasteiger partial charge in [-0.3, -0.25) is 9.59 Å². The first-order valence-corrected chi connectivity index (χ1v) is 8.84. The van der Waals surface area contributed by atoms with Crippen LogP contribution in [-0.2, 0) is 17.6 Å². The molecule has 0 saturated heterocycles. The average Bonchev–Trinajstić information content (AvgIpc) is 3.16. The molecule has 0 saturated carbocycles. The molecule has 1 aliphatic heterocycles. The van der Waals surface area contributed by atoms with Crippen molar-refractivity contribution in [3.63, 3.8) is 0 Å². The molecule has 4 rings (SSSR count). The minimum atomic E-state index is -0.0439. The minimum absolute atomic E-state index is 0.0439. The zero-order chi connectivity index (χ0) is 17.6. The molecule has 1 aliphatic carbocycles. The van der Waals surface area contributed by atoms with Gasteiger partial charge in [0.2, 0.25) is 5.91 Å². The maximum Gasteiger partial charge on any atom is 0.251 e. The maximum absolute atomic E-state index is 12.8. The molecule has 0 fully saturated rings. The van der Waals surface area contributed by atoms with E-state index in [2.05, 4.69) is 30.4 Å². The molecule has 2 aromatic rings. The van der Waals surface area contributed by atoms with Crippen molar-refractivity contribution in [2.45, 2.75) is 32.7 Å². The van der Waals surface area contributed by atoms with Gasteiger partial charge in [0.1, 0.15) is 0 Å². The number of fused-ring (bicyclic) bond motifs is 2. The highest BCUT2D eigenvalue weighted by Gasteiger charge is 2.31. The Balaban J connectivity index is 1.56. The molecule has 2 atom stereocenters. The summed E-state index contributed by atoms with van der Waals surface area (Å²) in [5.41, 5.74) is 5.23. The number of anilines is 1. The number of hydrogen-bond acceptors (Lipinski definition) is 2. The van der Waals surface area contributed by atoms with Gasteiger partial charge in [0.25, 0.3) is 5.91 Å². The fourth-order valence-electron chi connectivity index (χ4n) is 4.11.